The molecule has 0 fully saturated rings. The van der Waals surface area contributed by atoms with Gasteiger partial charge in [-0.2, -0.15) is 0 Å². The Morgan fingerprint density at radius 2 is 2.26 bits per heavy atom. The van der Waals surface area contributed by atoms with Crippen molar-refractivity contribution >= 4 is 17.7 Å². The number of rotatable bonds is 5. The molecule has 0 radical (unpaired) electrons. The van der Waals surface area contributed by atoms with Crippen LogP contribution >= 0.6 is 0 Å². The quantitative estimate of drug-likeness (QED) is 0.688. The number of terminal acetylenes is 1. The number of amides is 2. The first-order chi connectivity index (χ1) is 9.06. The highest BCUT2D eigenvalue weighted by molar-refractivity contribution is 5.92. The molecule has 1 aromatic rings. The van der Waals surface area contributed by atoms with Crippen molar-refractivity contribution in [3.05, 3.63) is 29.8 Å². The van der Waals surface area contributed by atoms with Gasteiger partial charge in [-0.15, -0.1) is 6.42 Å². The Bertz CT molecular complexity index is 508. The first-order valence-electron chi connectivity index (χ1n) is 5.42. The molecule has 0 aliphatic rings. The van der Waals surface area contributed by atoms with Crippen LogP contribution in [0.1, 0.15) is 5.56 Å². The molecular formula is C13H14N2O4. The largest absolute Gasteiger partial charge is 0.480 e. The van der Waals surface area contributed by atoms with E-state index in [1.165, 1.54) is 7.11 Å². The topological polar surface area (TPSA) is 87.7 Å². The van der Waals surface area contributed by atoms with E-state index in [2.05, 4.69) is 16.6 Å². The molecule has 0 spiro atoms. The molecule has 0 saturated carbocycles. The predicted octanol–water partition coefficient (Wildman–Crippen LogP) is 0.889. The van der Waals surface area contributed by atoms with Crippen molar-refractivity contribution in [2.24, 2.45) is 0 Å². The maximum Gasteiger partial charge on any atom is 0.328 e. The lowest BCUT2D eigenvalue weighted by Gasteiger charge is -2.14. The summed E-state index contributed by atoms with van der Waals surface area (Å²) in [5.41, 5.74) is 1.10. The van der Waals surface area contributed by atoms with Gasteiger partial charge in [-0.1, -0.05) is 12.0 Å². The molecule has 2 amide bonds. The summed E-state index contributed by atoms with van der Waals surface area (Å²) in [7, 11) is 1.35. The fourth-order valence-electron chi connectivity index (χ4n) is 1.35. The molecule has 0 aliphatic heterocycles. The molecule has 0 bridgehead atoms. The second-order valence-electron chi connectivity index (χ2n) is 3.67. The molecule has 1 rings (SSSR count). The molecule has 6 nitrogen and oxygen atoms in total. The van der Waals surface area contributed by atoms with Gasteiger partial charge < -0.3 is 20.5 Å². The van der Waals surface area contributed by atoms with Crippen molar-refractivity contribution in [1.29, 1.82) is 0 Å². The van der Waals surface area contributed by atoms with Gasteiger partial charge in [0.1, 0.15) is 0 Å². The summed E-state index contributed by atoms with van der Waals surface area (Å²) in [6.45, 7) is -0.118. The Kier molecular flexibility index (Phi) is 5.38. The smallest absolute Gasteiger partial charge is 0.328 e. The van der Waals surface area contributed by atoms with Gasteiger partial charge in [0.25, 0.3) is 0 Å². The van der Waals surface area contributed by atoms with Crippen molar-refractivity contribution in [3.8, 4) is 12.3 Å². The Balaban J connectivity index is 2.63. The maximum atomic E-state index is 11.6. The minimum Gasteiger partial charge on any atom is -0.480 e. The van der Waals surface area contributed by atoms with Crippen LogP contribution in [-0.4, -0.2) is 36.9 Å². The maximum absolute atomic E-state index is 11.6. The van der Waals surface area contributed by atoms with Gasteiger partial charge >= 0.3 is 12.0 Å². The van der Waals surface area contributed by atoms with Crippen LogP contribution in [0.15, 0.2) is 24.3 Å². The third kappa shape index (κ3) is 4.69. The van der Waals surface area contributed by atoms with Crippen LogP contribution in [-0.2, 0) is 9.53 Å². The van der Waals surface area contributed by atoms with Gasteiger partial charge in [0.05, 0.1) is 6.61 Å². The molecule has 0 heterocycles. The highest BCUT2D eigenvalue weighted by atomic mass is 16.5. The first-order valence-corrected chi connectivity index (χ1v) is 5.42. The Morgan fingerprint density at radius 3 is 2.84 bits per heavy atom. The summed E-state index contributed by atoms with van der Waals surface area (Å²) in [6.07, 6.45) is 5.24. The first kappa shape index (κ1) is 14.5. The number of anilines is 1. The Morgan fingerprint density at radius 1 is 1.53 bits per heavy atom. The molecule has 0 aliphatic carbocycles. The predicted molar refractivity (Wildman–Crippen MR) is 69.8 cm³/mol. The zero-order valence-corrected chi connectivity index (χ0v) is 10.3. The van der Waals surface area contributed by atoms with E-state index < -0.39 is 18.0 Å². The van der Waals surface area contributed by atoms with Gasteiger partial charge in [0, 0.05) is 18.4 Å². The second-order valence-corrected chi connectivity index (χ2v) is 3.67. The van der Waals surface area contributed by atoms with E-state index in [1.54, 1.807) is 24.3 Å². The number of hydrogen-bond donors (Lipinski definition) is 3. The van der Waals surface area contributed by atoms with Crippen LogP contribution in [0, 0.1) is 12.3 Å². The highest BCUT2D eigenvalue weighted by Gasteiger charge is 2.19. The average Bonchev–Trinajstić information content (AvgIpc) is 2.38. The SMILES string of the molecule is C#Cc1cccc(NC(=O)NC(COC)C(=O)O)c1. The van der Waals surface area contributed by atoms with Crippen molar-refractivity contribution in [2.75, 3.05) is 19.0 Å². The van der Waals surface area contributed by atoms with Gasteiger partial charge in [-0.05, 0) is 18.2 Å². The van der Waals surface area contributed by atoms with Crippen LogP contribution in [0.4, 0.5) is 10.5 Å². The lowest BCUT2D eigenvalue weighted by molar-refractivity contribution is -0.140. The number of benzene rings is 1. The fraction of sp³-hybridized carbons (Fsp3) is 0.231. The van der Waals surface area contributed by atoms with E-state index in [-0.39, 0.29) is 6.61 Å². The van der Waals surface area contributed by atoms with Gasteiger partial charge in [0.2, 0.25) is 0 Å². The van der Waals surface area contributed by atoms with Crippen LogP contribution in [0.5, 0.6) is 0 Å². The third-order valence-corrected chi connectivity index (χ3v) is 2.22. The normalized spacial score (nSPS) is 11.2. The van der Waals surface area contributed by atoms with E-state index in [0.29, 0.717) is 11.3 Å². The van der Waals surface area contributed by atoms with Gasteiger partial charge in [-0.25, -0.2) is 9.59 Å². The molecule has 0 aromatic heterocycles. The lowest BCUT2D eigenvalue weighted by atomic mass is 10.2. The number of carboxylic acids is 1. The number of carboxylic acid groups (broad SMARTS) is 1. The van der Waals surface area contributed by atoms with Crippen molar-refractivity contribution in [3.63, 3.8) is 0 Å². The zero-order chi connectivity index (χ0) is 14.3. The number of carbonyl (C=O) groups excluding carboxylic acids is 1. The van der Waals surface area contributed by atoms with Crippen molar-refractivity contribution in [1.82, 2.24) is 5.32 Å². The van der Waals surface area contributed by atoms with E-state index in [4.69, 9.17) is 16.3 Å². The summed E-state index contributed by atoms with van der Waals surface area (Å²) < 4.78 is 4.70. The van der Waals surface area contributed by atoms with E-state index in [1.807, 2.05) is 0 Å². The standard InChI is InChI=1S/C13H14N2O4/c1-3-9-5-4-6-10(7-9)14-13(18)15-11(8-19-2)12(16)17/h1,4-7,11H,8H2,2H3,(H,16,17)(H2,14,15,18). The molecule has 3 N–H and O–H groups in total. The summed E-state index contributed by atoms with van der Waals surface area (Å²) in [4.78, 5) is 22.4. The Labute approximate surface area is 110 Å². The summed E-state index contributed by atoms with van der Waals surface area (Å²) in [5, 5.41) is 13.6. The number of hydrogen-bond acceptors (Lipinski definition) is 3. The summed E-state index contributed by atoms with van der Waals surface area (Å²) in [6, 6.07) is 4.90. The van der Waals surface area contributed by atoms with Gasteiger partial charge in [-0.3, -0.25) is 0 Å². The van der Waals surface area contributed by atoms with E-state index in [0.717, 1.165) is 0 Å². The highest BCUT2D eigenvalue weighted by Crippen LogP contribution is 2.09. The van der Waals surface area contributed by atoms with E-state index >= 15 is 0 Å². The third-order valence-electron chi connectivity index (χ3n) is 2.22. The lowest BCUT2D eigenvalue weighted by Crippen LogP contribution is -2.45. The van der Waals surface area contributed by atoms with Crippen LogP contribution < -0.4 is 10.6 Å². The Hall–Kier alpha value is -2.52. The van der Waals surface area contributed by atoms with Crippen LogP contribution in [0.2, 0.25) is 0 Å². The van der Waals surface area contributed by atoms with Crippen LogP contribution in [0.3, 0.4) is 0 Å². The monoisotopic (exact) mass is 262 g/mol. The number of methoxy groups -OCH3 is 1. The fourth-order valence-corrected chi connectivity index (χ4v) is 1.35. The molecule has 0 saturated heterocycles. The summed E-state index contributed by atoms with van der Waals surface area (Å²) in [5.74, 6) is 1.26. The van der Waals surface area contributed by atoms with E-state index in [9.17, 15) is 9.59 Å². The van der Waals surface area contributed by atoms with Crippen LogP contribution in [0.25, 0.3) is 0 Å². The molecule has 1 aromatic carbocycles. The number of ether oxygens (including phenoxy) is 1. The molecular weight excluding hydrogens is 248 g/mol. The van der Waals surface area contributed by atoms with Crippen molar-refractivity contribution in [2.45, 2.75) is 6.04 Å². The summed E-state index contributed by atoms with van der Waals surface area (Å²) >= 11 is 0. The molecule has 1 atom stereocenters. The second kappa shape index (κ2) is 7.03. The molecule has 100 valence electrons. The number of aliphatic carboxylic acids is 1. The average molecular weight is 262 g/mol. The number of carbonyl (C=O) groups is 2. The minimum atomic E-state index is -1.17. The minimum absolute atomic E-state index is 0.118. The molecule has 19 heavy (non-hydrogen) atoms. The molecule has 6 heteroatoms. The molecule has 1 unspecified atom stereocenters. The number of nitrogens with one attached hydrogen (secondary N) is 2. The van der Waals surface area contributed by atoms with Crippen molar-refractivity contribution < 1.29 is 19.4 Å². The zero-order valence-electron chi connectivity index (χ0n) is 10.3. The van der Waals surface area contributed by atoms with Gasteiger partial charge in [0.15, 0.2) is 6.04 Å². The number of urea groups is 1.